The van der Waals surface area contributed by atoms with Crippen molar-refractivity contribution in [2.24, 2.45) is 0 Å². The molecule has 0 spiro atoms. The first-order chi connectivity index (χ1) is 8.19. The number of aryl methyl sites for hydroxylation is 1. The Morgan fingerprint density at radius 2 is 2.41 bits per heavy atom. The summed E-state index contributed by atoms with van der Waals surface area (Å²) < 4.78 is 0. The van der Waals surface area contributed by atoms with E-state index in [1.54, 1.807) is 4.90 Å². The average molecular weight is 227 g/mol. The lowest BCUT2D eigenvalue weighted by atomic mass is 10.1. The van der Waals surface area contributed by atoms with Crippen LogP contribution in [0.3, 0.4) is 0 Å². The van der Waals surface area contributed by atoms with Crippen LogP contribution >= 0.6 is 0 Å². The monoisotopic (exact) mass is 227 g/mol. The largest absolute Gasteiger partial charge is 0.380 e. The van der Waals surface area contributed by atoms with Gasteiger partial charge in [-0.25, -0.2) is 0 Å². The van der Waals surface area contributed by atoms with Crippen LogP contribution in [-0.2, 0) is 0 Å². The molecule has 1 aliphatic rings. The second-order valence-electron chi connectivity index (χ2n) is 4.52. The van der Waals surface area contributed by atoms with E-state index >= 15 is 0 Å². The molecule has 0 amide bonds. The molecular weight excluding hydrogens is 210 g/mol. The molecule has 2 rings (SSSR count). The molecule has 3 heteroatoms. The van der Waals surface area contributed by atoms with E-state index in [4.69, 9.17) is 5.26 Å². The number of likely N-dealkylation sites (tertiary alicyclic amines) is 1. The quantitative estimate of drug-likeness (QED) is 0.804. The van der Waals surface area contributed by atoms with Crippen molar-refractivity contribution in [2.75, 3.05) is 13.1 Å². The van der Waals surface area contributed by atoms with Crippen LogP contribution in [0.2, 0.25) is 0 Å². The van der Waals surface area contributed by atoms with Gasteiger partial charge < -0.3 is 10.2 Å². The number of benzene rings is 1. The maximum atomic E-state index is 8.80. The second kappa shape index (κ2) is 4.92. The van der Waals surface area contributed by atoms with Gasteiger partial charge in [0.25, 0.3) is 0 Å². The Hall–Kier alpha value is -1.95. The third-order valence-corrected chi connectivity index (χ3v) is 3.07. The topological polar surface area (TPSA) is 39.1 Å². The molecule has 17 heavy (non-hydrogen) atoms. The van der Waals surface area contributed by atoms with Crippen molar-refractivity contribution in [3.63, 3.8) is 0 Å². The number of nitrogens with zero attached hydrogens (tertiary/aromatic N) is 2. The lowest BCUT2D eigenvalue weighted by Gasteiger charge is -2.16. The summed E-state index contributed by atoms with van der Waals surface area (Å²) in [6.45, 7) is 7.76. The molecule has 1 saturated heterocycles. The van der Waals surface area contributed by atoms with Gasteiger partial charge in [-0.1, -0.05) is 30.3 Å². The average Bonchev–Trinajstić information content (AvgIpc) is 2.77. The van der Waals surface area contributed by atoms with E-state index in [2.05, 4.69) is 43.2 Å². The van der Waals surface area contributed by atoms with Gasteiger partial charge in [-0.05, 0) is 25.0 Å². The van der Waals surface area contributed by atoms with Gasteiger partial charge in [0.05, 0.1) is 0 Å². The third-order valence-electron chi connectivity index (χ3n) is 3.07. The maximum Gasteiger partial charge on any atom is 0.179 e. The standard InChI is InChI=1S/C14H17N3/c1-11-4-3-5-13(8-11)12(2)16-14-6-7-17(9-14)10-15/h3-5,8,14,16H,2,6-7,9H2,1H3. The molecule has 1 heterocycles. The summed E-state index contributed by atoms with van der Waals surface area (Å²) in [4.78, 5) is 1.78. The molecule has 1 atom stereocenters. The zero-order valence-electron chi connectivity index (χ0n) is 10.1. The molecule has 0 bridgehead atoms. The third kappa shape index (κ3) is 2.79. The Morgan fingerprint density at radius 1 is 1.59 bits per heavy atom. The van der Waals surface area contributed by atoms with Gasteiger partial charge in [0, 0.05) is 24.8 Å². The number of nitriles is 1. The summed E-state index contributed by atoms with van der Waals surface area (Å²) in [5.41, 5.74) is 3.30. The van der Waals surface area contributed by atoms with Crippen molar-refractivity contribution in [3.8, 4) is 6.19 Å². The van der Waals surface area contributed by atoms with E-state index in [9.17, 15) is 0 Å². The first-order valence-electron chi connectivity index (χ1n) is 5.86. The normalized spacial score (nSPS) is 18.8. The zero-order valence-corrected chi connectivity index (χ0v) is 10.1. The van der Waals surface area contributed by atoms with Gasteiger partial charge in [-0.3, -0.25) is 0 Å². The van der Waals surface area contributed by atoms with Crippen LogP contribution in [0, 0.1) is 18.4 Å². The summed E-state index contributed by atoms with van der Waals surface area (Å²) in [6, 6.07) is 8.62. The number of hydrogen-bond acceptors (Lipinski definition) is 3. The molecule has 0 aliphatic carbocycles. The predicted octanol–water partition coefficient (Wildman–Crippen LogP) is 2.11. The van der Waals surface area contributed by atoms with E-state index in [1.165, 1.54) is 5.56 Å². The molecule has 1 aromatic carbocycles. The van der Waals surface area contributed by atoms with Crippen molar-refractivity contribution in [1.29, 1.82) is 5.26 Å². The van der Waals surface area contributed by atoms with Crippen LogP contribution < -0.4 is 5.32 Å². The lowest BCUT2D eigenvalue weighted by molar-refractivity contribution is 0.471. The molecule has 1 aliphatic heterocycles. The summed E-state index contributed by atoms with van der Waals surface area (Å²) >= 11 is 0. The summed E-state index contributed by atoms with van der Waals surface area (Å²) in [5, 5.41) is 12.2. The van der Waals surface area contributed by atoms with Crippen LogP contribution in [0.1, 0.15) is 17.5 Å². The number of hydrogen-bond donors (Lipinski definition) is 1. The molecule has 0 saturated carbocycles. The number of nitrogens with one attached hydrogen (secondary N) is 1. The van der Waals surface area contributed by atoms with Crippen molar-refractivity contribution < 1.29 is 0 Å². The highest BCUT2D eigenvalue weighted by molar-refractivity contribution is 5.62. The summed E-state index contributed by atoms with van der Waals surface area (Å²) in [7, 11) is 0. The van der Waals surface area contributed by atoms with Crippen LogP contribution in [0.25, 0.3) is 5.70 Å². The van der Waals surface area contributed by atoms with Gasteiger partial charge >= 0.3 is 0 Å². The highest BCUT2D eigenvalue weighted by Gasteiger charge is 2.21. The predicted molar refractivity (Wildman–Crippen MR) is 68.9 cm³/mol. The minimum absolute atomic E-state index is 0.336. The fraction of sp³-hybridized carbons (Fsp3) is 0.357. The first-order valence-corrected chi connectivity index (χ1v) is 5.86. The molecule has 88 valence electrons. The minimum atomic E-state index is 0.336. The van der Waals surface area contributed by atoms with E-state index in [1.807, 2.05) is 6.07 Å². The van der Waals surface area contributed by atoms with E-state index in [0.717, 1.165) is 30.8 Å². The molecule has 1 fully saturated rings. The highest BCUT2D eigenvalue weighted by atomic mass is 15.2. The van der Waals surface area contributed by atoms with Crippen LogP contribution in [-0.4, -0.2) is 24.0 Å². The maximum absolute atomic E-state index is 8.80. The number of rotatable bonds is 3. The molecule has 0 radical (unpaired) electrons. The Balaban J connectivity index is 1.96. The van der Waals surface area contributed by atoms with Crippen molar-refractivity contribution in [1.82, 2.24) is 10.2 Å². The fourth-order valence-corrected chi connectivity index (χ4v) is 2.13. The van der Waals surface area contributed by atoms with Crippen molar-refractivity contribution in [2.45, 2.75) is 19.4 Å². The SMILES string of the molecule is C=C(NC1CCN(C#N)C1)c1cccc(C)c1. The Bertz CT molecular complexity index is 459. The van der Waals surface area contributed by atoms with E-state index < -0.39 is 0 Å². The lowest BCUT2D eigenvalue weighted by Crippen LogP contribution is -2.29. The van der Waals surface area contributed by atoms with Crippen LogP contribution in [0.15, 0.2) is 30.8 Å². The fourth-order valence-electron chi connectivity index (χ4n) is 2.13. The molecule has 3 nitrogen and oxygen atoms in total. The minimum Gasteiger partial charge on any atom is -0.380 e. The van der Waals surface area contributed by atoms with E-state index in [0.29, 0.717) is 6.04 Å². The zero-order chi connectivity index (χ0) is 12.3. The van der Waals surface area contributed by atoms with Gasteiger partial charge in [0.15, 0.2) is 6.19 Å². The smallest absolute Gasteiger partial charge is 0.179 e. The molecule has 1 unspecified atom stereocenters. The Morgan fingerprint density at radius 3 is 3.06 bits per heavy atom. The van der Waals surface area contributed by atoms with Gasteiger partial charge in [0.1, 0.15) is 0 Å². The van der Waals surface area contributed by atoms with Crippen LogP contribution in [0.5, 0.6) is 0 Å². The second-order valence-corrected chi connectivity index (χ2v) is 4.52. The molecule has 1 aromatic rings. The summed E-state index contributed by atoms with van der Waals surface area (Å²) in [5.74, 6) is 0. The van der Waals surface area contributed by atoms with Crippen molar-refractivity contribution >= 4 is 5.70 Å². The van der Waals surface area contributed by atoms with E-state index in [-0.39, 0.29) is 0 Å². The molecular formula is C14H17N3. The van der Waals surface area contributed by atoms with Crippen molar-refractivity contribution in [3.05, 3.63) is 42.0 Å². The van der Waals surface area contributed by atoms with Gasteiger partial charge in [-0.15, -0.1) is 0 Å². The highest BCUT2D eigenvalue weighted by Crippen LogP contribution is 2.15. The van der Waals surface area contributed by atoms with Gasteiger partial charge in [0.2, 0.25) is 0 Å². The molecule has 0 aromatic heterocycles. The van der Waals surface area contributed by atoms with Crippen LogP contribution in [0.4, 0.5) is 0 Å². The molecule has 1 N–H and O–H groups in total. The Kier molecular flexibility index (Phi) is 3.34. The summed E-state index contributed by atoms with van der Waals surface area (Å²) in [6.07, 6.45) is 3.18. The Labute approximate surface area is 102 Å². The van der Waals surface area contributed by atoms with Gasteiger partial charge in [-0.2, -0.15) is 5.26 Å². The first kappa shape index (κ1) is 11.5.